The van der Waals surface area contributed by atoms with Gasteiger partial charge < -0.3 is 4.74 Å². The zero-order valence-corrected chi connectivity index (χ0v) is 14.0. The van der Waals surface area contributed by atoms with E-state index in [1.54, 1.807) is 7.11 Å². The highest BCUT2D eigenvalue weighted by Crippen LogP contribution is 2.36. The van der Waals surface area contributed by atoms with E-state index in [0.29, 0.717) is 0 Å². The van der Waals surface area contributed by atoms with Crippen LogP contribution in [-0.2, 0) is 0 Å². The number of aryl methyl sites for hydroxylation is 1. The Labute approximate surface area is 130 Å². The van der Waals surface area contributed by atoms with E-state index in [-0.39, 0.29) is 4.83 Å². The first-order chi connectivity index (χ1) is 8.63. The van der Waals surface area contributed by atoms with Gasteiger partial charge in [0.15, 0.2) is 0 Å². The molecule has 0 heterocycles. The number of alkyl halides is 1. The summed E-state index contributed by atoms with van der Waals surface area (Å²) in [4.78, 5) is 0.219. The molecule has 94 valence electrons. The smallest absolute Gasteiger partial charge is 0.119 e. The first-order valence-electron chi connectivity index (χ1n) is 5.66. The van der Waals surface area contributed by atoms with Crippen molar-refractivity contribution in [2.24, 2.45) is 0 Å². The lowest BCUT2D eigenvalue weighted by molar-refractivity contribution is 0.414. The van der Waals surface area contributed by atoms with Crippen LogP contribution in [0.3, 0.4) is 0 Å². The van der Waals surface area contributed by atoms with Gasteiger partial charge in [0.25, 0.3) is 0 Å². The lowest BCUT2D eigenvalue weighted by Crippen LogP contribution is -1.98. The van der Waals surface area contributed by atoms with Crippen molar-refractivity contribution in [2.75, 3.05) is 7.11 Å². The van der Waals surface area contributed by atoms with Crippen molar-refractivity contribution in [3.05, 3.63) is 62.7 Å². The molecule has 0 spiro atoms. The van der Waals surface area contributed by atoms with E-state index in [9.17, 15) is 0 Å². The lowest BCUT2D eigenvalue weighted by atomic mass is 10.0. The summed E-state index contributed by atoms with van der Waals surface area (Å²) in [5.74, 6) is 0.902. The minimum Gasteiger partial charge on any atom is -0.497 e. The highest BCUT2D eigenvalue weighted by molar-refractivity contribution is 14.1. The number of hydrogen-bond donors (Lipinski definition) is 0. The number of rotatable bonds is 3. The summed E-state index contributed by atoms with van der Waals surface area (Å²) in [6, 6.07) is 14.6. The molecule has 0 bridgehead atoms. The van der Waals surface area contributed by atoms with Crippen LogP contribution in [0.5, 0.6) is 5.75 Å². The highest BCUT2D eigenvalue weighted by Gasteiger charge is 2.15. The van der Waals surface area contributed by atoms with Gasteiger partial charge in [0, 0.05) is 3.57 Å². The number of methoxy groups -OCH3 is 1. The molecule has 0 aromatic heterocycles. The molecule has 2 aromatic carbocycles. The third-order valence-corrected chi connectivity index (χ3v) is 4.90. The van der Waals surface area contributed by atoms with Gasteiger partial charge in [-0.2, -0.15) is 0 Å². The summed E-state index contributed by atoms with van der Waals surface area (Å²) in [6.45, 7) is 2.11. The zero-order valence-electron chi connectivity index (χ0n) is 10.3. The van der Waals surface area contributed by atoms with E-state index < -0.39 is 0 Å². The monoisotopic (exact) mass is 416 g/mol. The van der Waals surface area contributed by atoms with Crippen molar-refractivity contribution in [3.8, 4) is 5.75 Å². The van der Waals surface area contributed by atoms with Crippen LogP contribution in [0.25, 0.3) is 0 Å². The molecule has 0 aliphatic heterocycles. The normalized spacial score (nSPS) is 12.2. The first-order valence-corrected chi connectivity index (χ1v) is 7.66. The second-order valence-electron chi connectivity index (χ2n) is 4.11. The van der Waals surface area contributed by atoms with Crippen LogP contribution < -0.4 is 4.74 Å². The van der Waals surface area contributed by atoms with Crippen molar-refractivity contribution in [1.29, 1.82) is 0 Å². The molecule has 2 rings (SSSR count). The molecule has 18 heavy (non-hydrogen) atoms. The van der Waals surface area contributed by atoms with Crippen molar-refractivity contribution in [1.82, 2.24) is 0 Å². The molecule has 2 aromatic rings. The molecule has 1 nitrogen and oxygen atoms in total. The fourth-order valence-corrected chi connectivity index (χ4v) is 3.95. The topological polar surface area (TPSA) is 9.23 Å². The summed E-state index contributed by atoms with van der Waals surface area (Å²) in [5.41, 5.74) is 3.81. The molecular weight excluding hydrogens is 403 g/mol. The molecule has 1 unspecified atom stereocenters. The number of hydrogen-bond acceptors (Lipinski definition) is 1. The van der Waals surface area contributed by atoms with Gasteiger partial charge in [-0.15, -0.1) is 0 Å². The maximum Gasteiger partial charge on any atom is 0.119 e. The molecule has 0 fully saturated rings. The molecule has 0 aliphatic rings. The fourth-order valence-electron chi connectivity index (χ4n) is 1.91. The third kappa shape index (κ3) is 2.88. The van der Waals surface area contributed by atoms with E-state index in [0.717, 1.165) is 5.75 Å². The molecule has 0 N–H and O–H groups in total. The molecule has 0 saturated carbocycles. The Morgan fingerprint density at radius 1 is 1.11 bits per heavy atom. The van der Waals surface area contributed by atoms with Crippen molar-refractivity contribution in [3.63, 3.8) is 0 Å². The Balaban J connectivity index is 2.40. The van der Waals surface area contributed by atoms with Crippen molar-refractivity contribution < 1.29 is 4.74 Å². The standard InChI is InChI=1S/C15H14BrIO/c1-10-9-11(18-2)7-8-12(10)15(16)13-5-3-4-6-14(13)17/h3-9,15H,1-2H3. The quantitative estimate of drug-likeness (QED) is 0.500. The molecule has 0 amide bonds. The van der Waals surface area contributed by atoms with Crippen molar-refractivity contribution >= 4 is 38.5 Å². The molecule has 0 aliphatic carbocycles. The van der Waals surface area contributed by atoms with E-state index >= 15 is 0 Å². The molecule has 1 atom stereocenters. The fraction of sp³-hybridized carbons (Fsp3) is 0.200. The minimum atomic E-state index is 0.219. The Morgan fingerprint density at radius 3 is 2.44 bits per heavy atom. The van der Waals surface area contributed by atoms with Gasteiger partial charge in [-0.25, -0.2) is 0 Å². The van der Waals surface area contributed by atoms with Crippen LogP contribution in [0, 0.1) is 10.5 Å². The first kappa shape index (κ1) is 13.9. The number of ether oxygens (including phenoxy) is 1. The second kappa shape index (κ2) is 6.06. The summed E-state index contributed by atoms with van der Waals surface area (Å²) >= 11 is 6.17. The summed E-state index contributed by atoms with van der Waals surface area (Å²) in [7, 11) is 1.69. The molecule has 0 saturated heterocycles. The van der Waals surface area contributed by atoms with Gasteiger partial charge in [-0.1, -0.05) is 40.2 Å². The molecular formula is C15H14BrIO. The molecule has 0 radical (unpaired) electrons. The lowest BCUT2D eigenvalue weighted by Gasteiger charge is -2.16. The Bertz CT molecular complexity index is 554. The minimum absolute atomic E-state index is 0.219. The number of benzene rings is 2. The van der Waals surface area contributed by atoms with Crippen molar-refractivity contribution in [2.45, 2.75) is 11.8 Å². The summed E-state index contributed by atoms with van der Waals surface area (Å²) in [6.07, 6.45) is 0. The van der Waals surface area contributed by atoms with Crippen LogP contribution in [0.4, 0.5) is 0 Å². The number of halogens is 2. The Morgan fingerprint density at radius 2 is 1.83 bits per heavy atom. The van der Waals surface area contributed by atoms with Crippen LogP contribution in [0.15, 0.2) is 42.5 Å². The van der Waals surface area contributed by atoms with E-state index in [2.05, 4.69) is 81.8 Å². The Hall–Kier alpha value is -0.550. The van der Waals surface area contributed by atoms with E-state index in [1.165, 1.54) is 20.3 Å². The van der Waals surface area contributed by atoms with Gasteiger partial charge >= 0.3 is 0 Å². The van der Waals surface area contributed by atoms with Gasteiger partial charge in [0.05, 0.1) is 11.9 Å². The maximum atomic E-state index is 5.24. The largest absolute Gasteiger partial charge is 0.497 e. The average molecular weight is 417 g/mol. The molecule has 3 heteroatoms. The van der Waals surface area contributed by atoms with E-state index in [1.807, 2.05) is 6.07 Å². The third-order valence-electron chi connectivity index (χ3n) is 2.93. The summed E-state index contributed by atoms with van der Waals surface area (Å²) in [5, 5.41) is 0. The van der Waals surface area contributed by atoms with Crippen LogP contribution in [0.1, 0.15) is 21.5 Å². The van der Waals surface area contributed by atoms with Gasteiger partial charge in [-0.3, -0.25) is 0 Å². The predicted molar refractivity (Wildman–Crippen MR) is 87.7 cm³/mol. The van der Waals surface area contributed by atoms with Gasteiger partial charge in [0.1, 0.15) is 5.75 Å². The highest BCUT2D eigenvalue weighted by atomic mass is 127. The SMILES string of the molecule is COc1ccc(C(Br)c2ccccc2I)c(C)c1. The van der Waals surface area contributed by atoms with Gasteiger partial charge in [-0.05, 0) is 64.4 Å². The van der Waals surface area contributed by atoms with Crippen LogP contribution >= 0.6 is 38.5 Å². The predicted octanol–water partition coefficient (Wildman–Crippen LogP) is 5.09. The average Bonchev–Trinajstić information content (AvgIpc) is 2.38. The van der Waals surface area contributed by atoms with Gasteiger partial charge in [0.2, 0.25) is 0 Å². The second-order valence-corrected chi connectivity index (χ2v) is 6.18. The van der Waals surface area contributed by atoms with E-state index in [4.69, 9.17) is 4.74 Å². The maximum absolute atomic E-state index is 5.24. The zero-order chi connectivity index (χ0) is 13.1. The summed E-state index contributed by atoms with van der Waals surface area (Å²) < 4.78 is 6.51. The Kier molecular flexibility index (Phi) is 4.67. The van der Waals surface area contributed by atoms with Crippen LogP contribution in [-0.4, -0.2) is 7.11 Å². The van der Waals surface area contributed by atoms with Crippen LogP contribution in [0.2, 0.25) is 0 Å².